The van der Waals surface area contributed by atoms with E-state index in [9.17, 15) is 9.18 Å². The van der Waals surface area contributed by atoms with Crippen molar-refractivity contribution in [1.29, 1.82) is 0 Å². The number of carbonyl (C=O) groups is 1. The molecule has 0 spiro atoms. The number of amides is 1. The normalized spacial score (nSPS) is 10.0. The van der Waals surface area contributed by atoms with Gasteiger partial charge in [-0.2, -0.15) is 0 Å². The molecule has 0 unspecified atom stereocenters. The molecule has 0 saturated heterocycles. The Balaban J connectivity index is 2.25. The average Bonchev–Trinajstić information content (AvgIpc) is 2.50. The Morgan fingerprint density at radius 1 is 1.10 bits per heavy atom. The summed E-state index contributed by atoms with van der Waals surface area (Å²) in [6.45, 7) is 0. The quantitative estimate of drug-likeness (QED) is 0.849. The SMILES string of the molecule is COc1cc(OC)cc(C(=O)Nc2ccc(N)c(F)c2)c1. The lowest BCUT2D eigenvalue weighted by molar-refractivity contribution is 0.102. The predicted molar refractivity (Wildman–Crippen MR) is 78.3 cm³/mol. The maximum atomic E-state index is 13.4. The van der Waals surface area contributed by atoms with E-state index in [-0.39, 0.29) is 5.69 Å². The number of nitrogen functional groups attached to an aromatic ring is 1. The smallest absolute Gasteiger partial charge is 0.255 e. The fourth-order valence-electron chi connectivity index (χ4n) is 1.75. The van der Waals surface area contributed by atoms with Crippen LogP contribution in [0.15, 0.2) is 36.4 Å². The summed E-state index contributed by atoms with van der Waals surface area (Å²) < 4.78 is 23.5. The van der Waals surface area contributed by atoms with Crippen LogP contribution >= 0.6 is 0 Å². The molecule has 2 aromatic carbocycles. The number of halogens is 1. The van der Waals surface area contributed by atoms with Gasteiger partial charge in [-0.05, 0) is 30.3 Å². The molecule has 21 heavy (non-hydrogen) atoms. The Bertz CT molecular complexity index is 652. The van der Waals surface area contributed by atoms with Crippen molar-refractivity contribution in [3.63, 3.8) is 0 Å². The van der Waals surface area contributed by atoms with Crippen molar-refractivity contribution < 1.29 is 18.7 Å². The van der Waals surface area contributed by atoms with Crippen LogP contribution in [0.5, 0.6) is 11.5 Å². The number of benzene rings is 2. The number of ether oxygens (including phenoxy) is 2. The summed E-state index contributed by atoms with van der Waals surface area (Å²) in [6.07, 6.45) is 0. The number of hydrogen-bond acceptors (Lipinski definition) is 4. The minimum Gasteiger partial charge on any atom is -0.497 e. The summed E-state index contributed by atoms with van der Waals surface area (Å²) >= 11 is 0. The van der Waals surface area contributed by atoms with Crippen LogP contribution in [0.4, 0.5) is 15.8 Å². The number of rotatable bonds is 4. The fourth-order valence-corrected chi connectivity index (χ4v) is 1.75. The van der Waals surface area contributed by atoms with E-state index >= 15 is 0 Å². The number of anilines is 2. The zero-order valence-corrected chi connectivity index (χ0v) is 11.6. The Kier molecular flexibility index (Phi) is 4.27. The fraction of sp³-hybridized carbons (Fsp3) is 0.133. The number of nitrogens with one attached hydrogen (secondary N) is 1. The molecule has 2 rings (SSSR count). The van der Waals surface area contributed by atoms with Crippen LogP contribution in [-0.2, 0) is 0 Å². The van der Waals surface area contributed by atoms with Crippen molar-refractivity contribution in [2.45, 2.75) is 0 Å². The van der Waals surface area contributed by atoms with Gasteiger partial charge in [0.15, 0.2) is 0 Å². The lowest BCUT2D eigenvalue weighted by Crippen LogP contribution is -2.12. The number of nitrogens with two attached hydrogens (primary N) is 1. The minimum atomic E-state index is -0.587. The van der Waals surface area contributed by atoms with Crippen molar-refractivity contribution in [2.24, 2.45) is 0 Å². The Morgan fingerprint density at radius 3 is 2.24 bits per heavy atom. The highest BCUT2D eigenvalue weighted by Crippen LogP contribution is 2.23. The van der Waals surface area contributed by atoms with Crippen molar-refractivity contribution in [3.05, 3.63) is 47.8 Å². The lowest BCUT2D eigenvalue weighted by atomic mass is 10.1. The largest absolute Gasteiger partial charge is 0.497 e. The molecule has 0 aliphatic rings. The summed E-state index contributed by atoms with van der Waals surface area (Å²) in [5, 5.41) is 2.58. The van der Waals surface area contributed by atoms with Crippen molar-refractivity contribution >= 4 is 17.3 Å². The van der Waals surface area contributed by atoms with E-state index in [1.807, 2.05) is 0 Å². The Hall–Kier alpha value is -2.76. The third-order valence-electron chi connectivity index (χ3n) is 2.87. The van der Waals surface area contributed by atoms with Crippen LogP contribution in [0.3, 0.4) is 0 Å². The van der Waals surface area contributed by atoms with E-state index in [2.05, 4.69) is 5.32 Å². The van der Waals surface area contributed by atoms with E-state index in [1.165, 1.54) is 26.4 Å². The monoisotopic (exact) mass is 290 g/mol. The third kappa shape index (κ3) is 3.42. The second-order valence-electron chi connectivity index (χ2n) is 4.29. The van der Waals surface area contributed by atoms with Gasteiger partial charge in [0.1, 0.15) is 17.3 Å². The minimum absolute atomic E-state index is 0.0241. The molecular weight excluding hydrogens is 275 g/mol. The number of carbonyl (C=O) groups excluding carboxylic acids is 1. The molecule has 0 saturated carbocycles. The standard InChI is InChI=1S/C15H15FN2O3/c1-20-11-5-9(6-12(8-11)21-2)15(19)18-10-3-4-14(17)13(16)7-10/h3-8H,17H2,1-2H3,(H,18,19). The first-order valence-electron chi connectivity index (χ1n) is 6.13. The van der Waals surface area contributed by atoms with E-state index < -0.39 is 11.7 Å². The summed E-state index contributed by atoms with van der Waals surface area (Å²) in [4.78, 5) is 12.2. The van der Waals surface area contributed by atoms with Crippen molar-refractivity contribution in [3.8, 4) is 11.5 Å². The topological polar surface area (TPSA) is 73.6 Å². The Morgan fingerprint density at radius 2 is 1.71 bits per heavy atom. The van der Waals surface area contributed by atoms with Gasteiger partial charge in [0.05, 0.1) is 19.9 Å². The highest BCUT2D eigenvalue weighted by molar-refractivity contribution is 6.04. The maximum Gasteiger partial charge on any atom is 0.255 e. The van der Waals surface area contributed by atoms with Gasteiger partial charge in [0.2, 0.25) is 0 Å². The zero-order chi connectivity index (χ0) is 15.4. The Labute approximate surface area is 121 Å². The summed E-state index contributed by atoms with van der Waals surface area (Å²) in [5.41, 5.74) is 6.06. The molecule has 0 aliphatic heterocycles. The molecule has 0 bridgehead atoms. The van der Waals surface area contributed by atoms with Crippen LogP contribution in [0.1, 0.15) is 10.4 Å². The third-order valence-corrected chi connectivity index (χ3v) is 2.87. The van der Waals surface area contributed by atoms with Crippen molar-refractivity contribution in [2.75, 3.05) is 25.3 Å². The molecule has 6 heteroatoms. The van der Waals surface area contributed by atoms with Gasteiger partial charge in [-0.1, -0.05) is 0 Å². The molecule has 0 heterocycles. The molecule has 0 atom stereocenters. The van der Waals surface area contributed by atoms with Crippen LogP contribution < -0.4 is 20.5 Å². The van der Waals surface area contributed by atoms with Gasteiger partial charge in [-0.25, -0.2) is 4.39 Å². The second kappa shape index (κ2) is 6.13. The van der Waals surface area contributed by atoms with Gasteiger partial charge in [0, 0.05) is 17.3 Å². The van der Waals surface area contributed by atoms with E-state index in [1.54, 1.807) is 18.2 Å². The van der Waals surface area contributed by atoms with E-state index in [0.717, 1.165) is 6.07 Å². The van der Waals surface area contributed by atoms with Gasteiger partial charge in [-0.3, -0.25) is 4.79 Å². The zero-order valence-electron chi connectivity index (χ0n) is 11.6. The van der Waals surface area contributed by atoms with Crippen LogP contribution in [0, 0.1) is 5.82 Å². The van der Waals surface area contributed by atoms with Crippen LogP contribution in [0.2, 0.25) is 0 Å². The molecule has 0 radical (unpaired) electrons. The van der Waals surface area contributed by atoms with Gasteiger partial charge >= 0.3 is 0 Å². The molecule has 0 fully saturated rings. The van der Waals surface area contributed by atoms with Crippen molar-refractivity contribution in [1.82, 2.24) is 0 Å². The van der Waals surface area contributed by atoms with E-state index in [0.29, 0.717) is 22.7 Å². The van der Waals surface area contributed by atoms with Gasteiger partial charge in [0.25, 0.3) is 5.91 Å². The summed E-state index contributed by atoms with van der Waals surface area (Å²) in [6, 6.07) is 8.84. The highest BCUT2D eigenvalue weighted by Gasteiger charge is 2.11. The molecule has 5 nitrogen and oxygen atoms in total. The second-order valence-corrected chi connectivity index (χ2v) is 4.29. The predicted octanol–water partition coefficient (Wildman–Crippen LogP) is 2.68. The lowest BCUT2D eigenvalue weighted by Gasteiger charge is -2.09. The number of methoxy groups -OCH3 is 2. The maximum absolute atomic E-state index is 13.4. The van der Waals surface area contributed by atoms with Crippen LogP contribution in [-0.4, -0.2) is 20.1 Å². The van der Waals surface area contributed by atoms with Gasteiger partial charge in [-0.15, -0.1) is 0 Å². The molecule has 1 amide bonds. The first-order valence-corrected chi connectivity index (χ1v) is 6.13. The molecular formula is C15H15FN2O3. The molecule has 3 N–H and O–H groups in total. The van der Waals surface area contributed by atoms with Gasteiger partial charge < -0.3 is 20.5 Å². The first-order chi connectivity index (χ1) is 10.0. The summed E-state index contributed by atoms with van der Waals surface area (Å²) in [7, 11) is 2.98. The highest BCUT2D eigenvalue weighted by atomic mass is 19.1. The molecule has 110 valence electrons. The molecule has 2 aromatic rings. The van der Waals surface area contributed by atoms with Crippen LogP contribution in [0.25, 0.3) is 0 Å². The van der Waals surface area contributed by atoms with E-state index in [4.69, 9.17) is 15.2 Å². The average molecular weight is 290 g/mol. The molecule has 0 aromatic heterocycles. The number of hydrogen-bond donors (Lipinski definition) is 2. The summed E-state index contributed by atoms with van der Waals surface area (Å²) in [5.74, 6) is -0.0154. The first kappa shape index (κ1) is 14.6. The molecule has 0 aliphatic carbocycles.